The third-order valence-corrected chi connectivity index (χ3v) is 7.86. The van der Waals surface area contributed by atoms with Gasteiger partial charge >= 0.3 is 6.09 Å². The fourth-order valence-electron chi connectivity index (χ4n) is 5.59. The van der Waals surface area contributed by atoms with Crippen LogP contribution < -0.4 is 10.6 Å². The van der Waals surface area contributed by atoms with Crippen molar-refractivity contribution < 1.29 is 19.1 Å². The summed E-state index contributed by atoms with van der Waals surface area (Å²) in [5.74, 6) is -0.111. The number of nitrogens with zero attached hydrogens (tertiary/aromatic N) is 2. The number of nitrogens with one attached hydrogen (secondary N) is 2. The quantitative estimate of drug-likeness (QED) is 0.547. The lowest BCUT2D eigenvalue weighted by atomic mass is 9.81. The highest BCUT2D eigenvalue weighted by Crippen LogP contribution is 2.45. The van der Waals surface area contributed by atoms with Gasteiger partial charge in [-0.1, -0.05) is 41.4 Å². The summed E-state index contributed by atoms with van der Waals surface area (Å²) >= 11 is 12.5. The highest BCUT2D eigenvalue weighted by Gasteiger charge is 2.52. The molecule has 0 spiro atoms. The van der Waals surface area contributed by atoms with E-state index in [1.54, 1.807) is 6.07 Å². The van der Waals surface area contributed by atoms with Gasteiger partial charge in [-0.15, -0.1) is 0 Å². The summed E-state index contributed by atoms with van der Waals surface area (Å²) in [7, 11) is 0. The number of morpholine rings is 1. The lowest BCUT2D eigenvalue weighted by Gasteiger charge is -2.44. The molecule has 2 fully saturated rings. The van der Waals surface area contributed by atoms with E-state index in [0.29, 0.717) is 41.8 Å². The summed E-state index contributed by atoms with van der Waals surface area (Å²) in [6.07, 6.45) is 1.24. The van der Waals surface area contributed by atoms with Gasteiger partial charge in [0.2, 0.25) is 5.91 Å². The monoisotopic (exact) mass is 546 g/mol. The lowest BCUT2D eigenvalue weighted by molar-refractivity contribution is -0.130. The fourth-order valence-corrected chi connectivity index (χ4v) is 5.97. The third-order valence-electron chi connectivity index (χ3n) is 7.39. The molecule has 0 bridgehead atoms. The first kappa shape index (κ1) is 26.3. The second-order valence-corrected chi connectivity index (χ2v) is 10.7. The van der Waals surface area contributed by atoms with Crippen LogP contribution in [0.15, 0.2) is 42.5 Å². The predicted molar refractivity (Wildman–Crippen MR) is 143 cm³/mol. The average Bonchev–Trinajstić information content (AvgIpc) is 3.15. The molecule has 2 saturated heterocycles. The minimum atomic E-state index is -0.959. The number of alkyl carbamates (subject to hydrolysis) is 1. The molecule has 2 unspecified atom stereocenters. The molecule has 3 aliphatic heterocycles. The van der Waals surface area contributed by atoms with Crippen LogP contribution in [-0.2, 0) is 26.2 Å². The van der Waals surface area contributed by atoms with Crippen molar-refractivity contribution in [3.05, 3.63) is 63.6 Å². The molecule has 2 amide bonds. The van der Waals surface area contributed by atoms with Crippen LogP contribution in [0.2, 0.25) is 10.0 Å². The SMILES string of the molecule is O=C(NCCN1CCOCC1)OC1CCCN(C2(Cc3cccc(Cl)c3)C(=O)Nc3cc(Cl)ccc32)C1. The Morgan fingerprint density at radius 2 is 1.95 bits per heavy atom. The summed E-state index contributed by atoms with van der Waals surface area (Å²) in [6.45, 7) is 5.63. The Kier molecular flexibility index (Phi) is 8.21. The van der Waals surface area contributed by atoms with Gasteiger partial charge in [0.15, 0.2) is 0 Å². The maximum atomic E-state index is 13.7. The number of hydrogen-bond acceptors (Lipinski definition) is 6. The molecule has 2 aromatic rings. The van der Waals surface area contributed by atoms with Crippen LogP contribution in [0.5, 0.6) is 0 Å². The Balaban J connectivity index is 1.31. The number of carbonyl (C=O) groups is 2. The van der Waals surface area contributed by atoms with E-state index in [0.717, 1.165) is 56.8 Å². The van der Waals surface area contributed by atoms with Crippen molar-refractivity contribution in [2.24, 2.45) is 0 Å². The molecular weight excluding hydrogens is 515 g/mol. The molecule has 2 N–H and O–H groups in total. The van der Waals surface area contributed by atoms with Crippen LogP contribution in [-0.4, -0.2) is 80.4 Å². The van der Waals surface area contributed by atoms with Gasteiger partial charge in [0, 0.05) is 60.4 Å². The zero-order chi connectivity index (χ0) is 25.8. The molecular formula is C27H32Cl2N4O4. The summed E-state index contributed by atoms with van der Waals surface area (Å²) in [5, 5.41) is 7.10. The van der Waals surface area contributed by atoms with Crippen molar-refractivity contribution in [1.29, 1.82) is 0 Å². The van der Waals surface area contributed by atoms with E-state index < -0.39 is 11.6 Å². The van der Waals surface area contributed by atoms with Gasteiger partial charge in [-0.2, -0.15) is 0 Å². The standard InChI is InChI=1S/C27H32Cl2N4O4/c28-20-4-1-3-19(15-20)17-27(23-7-6-21(29)16-24(23)31-25(27)34)33-9-2-5-22(18-33)37-26(35)30-8-10-32-11-13-36-14-12-32/h1,3-4,6-7,15-16,22H,2,5,8-14,17-18H2,(H,30,35)(H,31,34). The number of hydrogen-bond donors (Lipinski definition) is 2. The number of fused-ring (bicyclic) bond motifs is 1. The van der Waals surface area contributed by atoms with Crippen LogP contribution in [0.25, 0.3) is 0 Å². The number of likely N-dealkylation sites (tertiary alicyclic amines) is 1. The molecule has 198 valence electrons. The van der Waals surface area contributed by atoms with Crippen molar-refractivity contribution in [2.45, 2.75) is 30.9 Å². The molecule has 10 heteroatoms. The van der Waals surface area contributed by atoms with Crippen molar-refractivity contribution in [3.8, 4) is 0 Å². The van der Waals surface area contributed by atoms with Crippen molar-refractivity contribution >= 4 is 40.9 Å². The van der Waals surface area contributed by atoms with Crippen LogP contribution in [0.3, 0.4) is 0 Å². The van der Waals surface area contributed by atoms with E-state index >= 15 is 0 Å². The number of anilines is 1. The average molecular weight is 547 g/mol. The second kappa shape index (κ2) is 11.6. The number of rotatable bonds is 7. The molecule has 8 nitrogen and oxygen atoms in total. The number of ether oxygens (including phenoxy) is 2. The third kappa shape index (κ3) is 5.89. The maximum absolute atomic E-state index is 13.7. The fraction of sp³-hybridized carbons (Fsp3) is 0.481. The van der Waals surface area contributed by atoms with Crippen LogP contribution in [0.4, 0.5) is 10.5 Å². The highest BCUT2D eigenvalue weighted by molar-refractivity contribution is 6.31. The summed E-state index contributed by atoms with van der Waals surface area (Å²) in [4.78, 5) is 30.7. The molecule has 0 saturated carbocycles. The lowest BCUT2D eigenvalue weighted by Crippen LogP contribution is -2.57. The first-order valence-corrected chi connectivity index (χ1v) is 13.6. The Bertz CT molecular complexity index is 1140. The Labute approximate surface area is 227 Å². The molecule has 0 radical (unpaired) electrons. The van der Waals surface area contributed by atoms with E-state index in [9.17, 15) is 9.59 Å². The summed E-state index contributed by atoms with van der Waals surface area (Å²) in [5.41, 5.74) is 1.58. The zero-order valence-electron chi connectivity index (χ0n) is 20.7. The second-order valence-electron chi connectivity index (χ2n) is 9.81. The normalized spacial score (nSPS) is 24.4. The minimum absolute atomic E-state index is 0.111. The maximum Gasteiger partial charge on any atom is 0.407 e. The van der Waals surface area contributed by atoms with Crippen molar-refractivity contribution in [2.75, 3.05) is 57.8 Å². The van der Waals surface area contributed by atoms with Crippen molar-refractivity contribution in [1.82, 2.24) is 15.1 Å². The van der Waals surface area contributed by atoms with Gasteiger partial charge in [0.05, 0.1) is 13.2 Å². The molecule has 0 aliphatic carbocycles. The molecule has 37 heavy (non-hydrogen) atoms. The number of halogens is 2. The van der Waals surface area contributed by atoms with E-state index in [2.05, 4.69) is 20.4 Å². The Morgan fingerprint density at radius 3 is 2.76 bits per heavy atom. The Hall–Kier alpha value is -2.36. The van der Waals surface area contributed by atoms with Gasteiger partial charge in [0.25, 0.3) is 0 Å². The molecule has 2 atom stereocenters. The first-order valence-electron chi connectivity index (χ1n) is 12.8. The van der Waals surface area contributed by atoms with Gasteiger partial charge in [-0.05, 0) is 49.2 Å². The Morgan fingerprint density at radius 1 is 1.14 bits per heavy atom. The van der Waals surface area contributed by atoms with E-state index in [1.807, 2.05) is 36.4 Å². The minimum Gasteiger partial charge on any atom is -0.445 e. The van der Waals surface area contributed by atoms with E-state index in [1.165, 1.54) is 0 Å². The largest absolute Gasteiger partial charge is 0.445 e. The van der Waals surface area contributed by atoms with Crippen LogP contribution >= 0.6 is 23.2 Å². The van der Waals surface area contributed by atoms with Crippen LogP contribution in [0.1, 0.15) is 24.0 Å². The number of piperidine rings is 1. The van der Waals surface area contributed by atoms with E-state index in [-0.39, 0.29) is 12.0 Å². The summed E-state index contributed by atoms with van der Waals surface area (Å²) < 4.78 is 11.2. The number of carbonyl (C=O) groups excluding carboxylic acids is 2. The van der Waals surface area contributed by atoms with E-state index in [4.69, 9.17) is 32.7 Å². The smallest absolute Gasteiger partial charge is 0.407 e. The molecule has 5 rings (SSSR count). The molecule has 3 heterocycles. The molecule has 2 aromatic carbocycles. The number of benzene rings is 2. The molecule has 3 aliphatic rings. The predicted octanol–water partition coefficient (Wildman–Crippen LogP) is 3.91. The highest BCUT2D eigenvalue weighted by atomic mass is 35.5. The van der Waals surface area contributed by atoms with Gasteiger partial charge in [0.1, 0.15) is 11.6 Å². The van der Waals surface area contributed by atoms with Crippen molar-refractivity contribution in [3.63, 3.8) is 0 Å². The van der Waals surface area contributed by atoms with Crippen LogP contribution in [0, 0.1) is 0 Å². The number of amides is 2. The van der Waals surface area contributed by atoms with Gasteiger partial charge in [-0.25, -0.2) is 4.79 Å². The molecule has 0 aromatic heterocycles. The topological polar surface area (TPSA) is 83.1 Å². The first-order chi connectivity index (χ1) is 17.9. The summed E-state index contributed by atoms with van der Waals surface area (Å²) in [6, 6.07) is 13.1. The zero-order valence-corrected chi connectivity index (χ0v) is 22.2. The van der Waals surface area contributed by atoms with Gasteiger partial charge < -0.3 is 20.1 Å². The van der Waals surface area contributed by atoms with Gasteiger partial charge in [-0.3, -0.25) is 14.6 Å².